The molecule has 0 unspecified atom stereocenters. The first-order valence-corrected chi connectivity index (χ1v) is 13.2. The second kappa shape index (κ2) is 12.4. The van der Waals surface area contributed by atoms with Crippen LogP contribution in [0.15, 0.2) is 41.4 Å². The molecule has 10 heteroatoms. The van der Waals surface area contributed by atoms with Crippen molar-refractivity contribution in [3.05, 3.63) is 65.4 Å². The van der Waals surface area contributed by atoms with Crippen LogP contribution in [-0.2, 0) is 0 Å². The minimum atomic E-state index is -1.67. The molecule has 0 bridgehead atoms. The van der Waals surface area contributed by atoms with Crippen molar-refractivity contribution in [2.75, 3.05) is 39.1 Å². The molecule has 4 rings (SSSR count). The van der Waals surface area contributed by atoms with E-state index in [4.69, 9.17) is 4.74 Å². The SMILES string of the molecule is COc1ccc2nccc([C@@H](O)CC[C@@H]3CCN(CCSc4c(F)cc(F)c(F)c4F)C[C@@H]3CO)c2c1. The lowest BCUT2D eigenvalue weighted by molar-refractivity contribution is 0.0608. The molecule has 3 aromatic rings. The molecule has 1 aromatic heterocycles. The number of ether oxygens (including phenoxy) is 1. The maximum atomic E-state index is 13.9. The third-order valence-corrected chi connectivity index (χ3v) is 8.14. The Labute approximate surface area is 217 Å². The standard InChI is InChI=1S/C27H30F4N2O3S/c1-36-18-3-4-23-20(12-18)19(6-8-32-23)24(35)5-2-16-7-9-33(14-17(16)15-34)10-11-37-27-22(29)13-21(28)25(30)26(27)31/h3-4,6,8,12-13,16-17,24,34-35H,2,5,7,9-11,14-15H2,1H3/t16-,17-,24+/m1/s1. The summed E-state index contributed by atoms with van der Waals surface area (Å²) in [7, 11) is 1.59. The predicted octanol–water partition coefficient (Wildman–Crippen LogP) is 5.34. The van der Waals surface area contributed by atoms with Crippen LogP contribution in [0.2, 0.25) is 0 Å². The van der Waals surface area contributed by atoms with Gasteiger partial charge >= 0.3 is 0 Å². The number of hydrogen-bond donors (Lipinski definition) is 2. The van der Waals surface area contributed by atoms with Gasteiger partial charge in [0.15, 0.2) is 17.5 Å². The molecule has 200 valence electrons. The lowest BCUT2D eigenvalue weighted by atomic mass is 9.81. The monoisotopic (exact) mass is 538 g/mol. The van der Waals surface area contributed by atoms with Crippen LogP contribution < -0.4 is 4.74 Å². The smallest absolute Gasteiger partial charge is 0.195 e. The van der Waals surface area contributed by atoms with Gasteiger partial charge in [-0.2, -0.15) is 0 Å². The topological polar surface area (TPSA) is 65.8 Å². The molecule has 1 aliphatic rings. The van der Waals surface area contributed by atoms with Crippen LogP contribution in [0.25, 0.3) is 10.9 Å². The highest BCUT2D eigenvalue weighted by atomic mass is 32.2. The van der Waals surface area contributed by atoms with Crippen LogP contribution in [0, 0.1) is 35.1 Å². The summed E-state index contributed by atoms with van der Waals surface area (Å²) in [6, 6.07) is 7.72. The molecule has 2 heterocycles. The summed E-state index contributed by atoms with van der Waals surface area (Å²) in [5.74, 6) is -4.65. The summed E-state index contributed by atoms with van der Waals surface area (Å²) in [4.78, 5) is 5.93. The van der Waals surface area contributed by atoms with Crippen molar-refractivity contribution in [1.82, 2.24) is 9.88 Å². The van der Waals surface area contributed by atoms with E-state index in [1.54, 1.807) is 13.3 Å². The van der Waals surface area contributed by atoms with Crippen molar-refractivity contribution in [3.8, 4) is 5.75 Å². The molecule has 37 heavy (non-hydrogen) atoms. The summed E-state index contributed by atoms with van der Waals surface area (Å²) in [5.41, 5.74) is 1.57. The Kier molecular flexibility index (Phi) is 9.28. The van der Waals surface area contributed by atoms with E-state index in [9.17, 15) is 27.8 Å². The molecule has 3 atom stereocenters. The molecule has 1 fully saturated rings. The Bertz CT molecular complexity index is 1230. The molecule has 1 saturated heterocycles. The Morgan fingerprint density at radius 2 is 1.92 bits per heavy atom. The van der Waals surface area contributed by atoms with Crippen molar-refractivity contribution >= 4 is 22.7 Å². The van der Waals surface area contributed by atoms with Crippen molar-refractivity contribution in [2.45, 2.75) is 30.3 Å². The largest absolute Gasteiger partial charge is 0.497 e. The molecule has 0 radical (unpaired) electrons. The normalized spacial score (nSPS) is 19.3. The number of aliphatic hydroxyl groups excluding tert-OH is 2. The number of nitrogens with zero attached hydrogens (tertiary/aromatic N) is 2. The first-order chi connectivity index (χ1) is 17.8. The Balaban J connectivity index is 1.31. The number of halogens is 4. The zero-order valence-electron chi connectivity index (χ0n) is 20.5. The Hall–Kier alpha value is -2.40. The zero-order chi connectivity index (χ0) is 26.5. The Morgan fingerprint density at radius 1 is 1.11 bits per heavy atom. The van der Waals surface area contributed by atoms with E-state index in [0.29, 0.717) is 37.1 Å². The first kappa shape index (κ1) is 27.6. The number of aromatic nitrogens is 1. The number of hydrogen-bond acceptors (Lipinski definition) is 6. The summed E-state index contributed by atoms with van der Waals surface area (Å²) < 4.78 is 59.7. The van der Waals surface area contributed by atoms with Crippen molar-refractivity contribution in [2.24, 2.45) is 11.8 Å². The van der Waals surface area contributed by atoms with Gasteiger partial charge in [-0.15, -0.1) is 11.8 Å². The van der Waals surface area contributed by atoms with Gasteiger partial charge in [-0.1, -0.05) is 0 Å². The van der Waals surface area contributed by atoms with Gasteiger partial charge < -0.3 is 19.8 Å². The van der Waals surface area contributed by atoms with Gasteiger partial charge in [0.25, 0.3) is 0 Å². The van der Waals surface area contributed by atoms with E-state index < -0.39 is 34.3 Å². The lowest BCUT2D eigenvalue weighted by Gasteiger charge is -2.38. The number of rotatable bonds is 10. The average molecular weight is 539 g/mol. The van der Waals surface area contributed by atoms with E-state index in [1.165, 1.54) is 0 Å². The minimum absolute atomic E-state index is 0.00281. The number of likely N-dealkylation sites (tertiary alicyclic amines) is 1. The van der Waals surface area contributed by atoms with Crippen LogP contribution in [0.4, 0.5) is 17.6 Å². The van der Waals surface area contributed by atoms with E-state index in [2.05, 4.69) is 9.88 Å². The van der Waals surface area contributed by atoms with Crippen molar-refractivity contribution in [1.29, 1.82) is 0 Å². The van der Waals surface area contributed by atoms with Gasteiger partial charge in [0, 0.05) is 43.1 Å². The summed E-state index contributed by atoms with van der Waals surface area (Å²) >= 11 is 0.807. The van der Waals surface area contributed by atoms with Crippen LogP contribution in [0.1, 0.15) is 30.9 Å². The maximum absolute atomic E-state index is 13.9. The molecule has 1 aliphatic heterocycles. The number of benzene rings is 2. The maximum Gasteiger partial charge on any atom is 0.195 e. The fourth-order valence-electron chi connectivity index (χ4n) is 5.00. The van der Waals surface area contributed by atoms with E-state index in [0.717, 1.165) is 47.6 Å². The quantitative estimate of drug-likeness (QED) is 0.157. The number of piperidine rings is 1. The zero-order valence-corrected chi connectivity index (χ0v) is 21.3. The number of pyridine rings is 1. The van der Waals surface area contributed by atoms with Gasteiger partial charge in [-0.25, -0.2) is 17.6 Å². The number of methoxy groups -OCH3 is 1. The van der Waals surface area contributed by atoms with Crippen molar-refractivity contribution < 1.29 is 32.5 Å². The molecule has 2 N–H and O–H groups in total. The van der Waals surface area contributed by atoms with Gasteiger partial charge in [-0.3, -0.25) is 4.98 Å². The van der Waals surface area contributed by atoms with Gasteiger partial charge in [-0.05, 0) is 67.5 Å². The molecule has 0 saturated carbocycles. The van der Waals surface area contributed by atoms with Crippen molar-refractivity contribution in [3.63, 3.8) is 0 Å². The third kappa shape index (κ3) is 6.37. The third-order valence-electron chi connectivity index (χ3n) is 7.09. The van der Waals surface area contributed by atoms with E-state index in [1.807, 2.05) is 24.3 Å². The lowest BCUT2D eigenvalue weighted by Crippen LogP contribution is -2.43. The number of aliphatic hydroxyl groups is 2. The molecule has 5 nitrogen and oxygen atoms in total. The van der Waals surface area contributed by atoms with Gasteiger partial charge in [0.2, 0.25) is 0 Å². The minimum Gasteiger partial charge on any atom is -0.497 e. The molecule has 0 aliphatic carbocycles. The molecule has 0 spiro atoms. The van der Waals surface area contributed by atoms with Gasteiger partial charge in [0.05, 0.1) is 23.6 Å². The van der Waals surface area contributed by atoms with Crippen LogP contribution >= 0.6 is 11.8 Å². The highest BCUT2D eigenvalue weighted by Gasteiger charge is 2.29. The summed E-state index contributed by atoms with van der Waals surface area (Å²) in [6.45, 7) is 1.82. The van der Waals surface area contributed by atoms with Crippen LogP contribution in [0.3, 0.4) is 0 Å². The summed E-state index contributed by atoms with van der Waals surface area (Å²) in [6.07, 6.45) is 3.06. The van der Waals surface area contributed by atoms with E-state index >= 15 is 0 Å². The number of thioether (sulfide) groups is 1. The first-order valence-electron chi connectivity index (χ1n) is 12.2. The Morgan fingerprint density at radius 3 is 2.68 bits per heavy atom. The molecule has 2 aromatic carbocycles. The van der Waals surface area contributed by atoms with E-state index in [-0.39, 0.29) is 18.4 Å². The highest BCUT2D eigenvalue weighted by Crippen LogP contribution is 2.34. The average Bonchev–Trinajstić information content (AvgIpc) is 2.91. The summed E-state index contributed by atoms with van der Waals surface area (Å²) in [5, 5.41) is 21.8. The van der Waals surface area contributed by atoms with Gasteiger partial charge in [0.1, 0.15) is 11.6 Å². The molecular weight excluding hydrogens is 508 g/mol. The predicted molar refractivity (Wildman–Crippen MR) is 135 cm³/mol. The number of fused-ring (bicyclic) bond motifs is 1. The second-order valence-electron chi connectivity index (χ2n) is 9.31. The fraction of sp³-hybridized carbons (Fsp3) is 0.444. The fourth-order valence-corrected chi connectivity index (χ4v) is 5.96. The second-order valence-corrected chi connectivity index (χ2v) is 10.4. The van der Waals surface area contributed by atoms with Crippen LogP contribution in [0.5, 0.6) is 5.75 Å². The highest BCUT2D eigenvalue weighted by molar-refractivity contribution is 7.99. The molecular formula is C27H30F4N2O3S. The molecule has 0 amide bonds. The van der Waals surface area contributed by atoms with Crippen LogP contribution in [-0.4, -0.2) is 59.2 Å².